The van der Waals surface area contributed by atoms with Gasteiger partial charge in [-0.2, -0.15) is 0 Å². The summed E-state index contributed by atoms with van der Waals surface area (Å²) in [7, 11) is 0. The monoisotopic (exact) mass is 254 g/mol. The van der Waals surface area contributed by atoms with Crippen LogP contribution in [0.5, 0.6) is 0 Å². The van der Waals surface area contributed by atoms with E-state index in [1.54, 1.807) is 0 Å². The van der Waals surface area contributed by atoms with E-state index >= 15 is 0 Å². The lowest BCUT2D eigenvalue weighted by Gasteiger charge is -2.28. The van der Waals surface area contributed by atoms with Crippen LogP contribution in [0.25, 0.3) is 0 Å². The molecule has 1 amide bonds. The molecular formula is C14H26N2O2. The minimum atomic E-state index is 0.276. The first-order chi connectivity index (χ1) is 8.79. The van der Waals surface area contributed by atoms with Crippen LogP contribution in [0.4, 0.5) is 0 Å². The zero-order valence-electron chi connectivity index (χ0n) is 11.5. The third-order valence-corrected chi connectivity index (χ3v) is 4.04. The van der Waals surface area contributed by atoms with Crippen molar-refractivity contribution in [3.63, 3.8) is 0 Å². The fraction of sp³-hybridized carbons (Fsp3) is 0.929. The largest absolute Gasteiger partial charge is 0.376 e. The average molecular weight is 254 g/mol. The number of hydrogen-bond donors (Lipinski definition) is 1. The molecule has 0 aliphatic carbocycles. The average Bonchev–Trinajstić information content (AvgIpc) is 2.90. The smallest absolute Gasteiger partial charge is 0.222 e. The van der Waals surface area contributed by atoms with Crippen molar-refractivity contribution in [2.24, 2.45) is 5.92 Å². The molecule has 18 heavy (non-hydrogen) atoms. The van der Waals surface area contributed by atoms with Gasteiger partial charge in [0.1, 0.15) is 0 Å². The summed E-state index contributed by atoms with van der Waals surface area (Å²) >= 11 is 0. The van der Waals surface area contributed by atoms with Crippen molar-refractivity contribution in [3.8, 4) is 0 Å². The number of nitrogens with zero attached hydrogens (tertiary/aromatic N) is 1. The Balaban J connectivity index is 1.76. The van der Waals surface area contributed by atoms with E-state index in [0.717, 1.165) is 45.6 Å². The van der Waals surface area contributed by atoms with Crippen molar-refractivity contribution in [3.05, 3.63) is 0 Å². The Morgan fingerprint density at radius 3 is 2.89 bits per heavy atom. The number of ether oxygens (including phenoxy) is 1. The first-order valence-corrected chi connectivity index (χ1v) is 7.39. The quantitative estimate of drug-likeness (QED) is 0.806. The van der Waals surface area contributed by atoms with Crippen LogP contribution in [0, 0.1) is 5.92 Å². The molecule has 2 aliphatic heterocycles. The van der Waals surface area contributed by atoms with Crippen LogP contribution in [0.1, 0.15) is 39.0 Å². The standard InChI is InChI=1S/C14H26N2O2/c1-2-16(11-13-6-4-8-18-13)14(17)9-12-5-3-7-15-10-12/h12-13,15H,2-11H2,1H3. The molecule has 2 aliphatic rings. The highest BCUT2D eigenvalue weighted by molar-refractivity contribution is 5.76. The topological polar surface area (TPSA) is 41.6 Å². The number of nitrogens with one attached hydrogen (secondary N) is 1. The highest BCUT2D eigenvalue weighted by Crippen LogP contribution is 2.17. The second kappa shape index (κ2) is 7.10. The number of piperidine rings is 1. The Labute approximate surface area is 110 Å². The van der Waals surface area contributed by atoms with E-state index in [1.807, 2.05) is 4.90 Å². The van der Waals surface area contributed by atoms with Crippen LogP contribution in [-0.2, 0) is 9.53 Å². The molecule has 2 rings (SSSR count). The first kappa shape index (κ1) is 13.8. The Morgan fingerprint density at radius 1 is 1.39 bits per heavy atom. The number of carbonyl (C=O) groups excluding carboxylic acids is 1. The molecule has 0 spiro atoms. The van der Waals surface area contributed by atoms with Crippen molar-refractivity contribution in [1.82, 2.24) is 10.2 Å². The molecule has 2 fully saturated rings. The summed E-state index contributed by atoms with van der Waals surface area (Å²) in [6, 6.07) is 0. The normalized spacial score (nSPS) is 28.3. The van der Waals surface area contributed by atoms with E-state index in [4.69, 9.17) is 4.74 Å². The molecule has 2 heterocycles. The van der Waals surface area contributed by atoms with Crippen molar-refractivity contribution in [2.75, 3.05) is 32.8 Å². The summed E-state index contributed by atoms with van der Waals surface area (Å²) in [6.45, 7) is 6.63. The van der Waals surface area contributed by atoms with Gasteiger partial charge in [-0.25, -0.2) is 0 Å². The Kier molecular flexibility index (Phi) is 5.45. The maximum absolute atomic E-state index is 12.3. The zero-order chi connectivity index (χ0) is 12.8. The molecule has 0 aromatic rings. The summed E-state index contributed by atoms with van der Waals surface area (Å²) in [6.07, 6.45) is 5.62. The molecule has 4 nitrogen and oxygen atoms in total. The number of rotatable bonds is 5. The van der Waals surface area contributed by atoms with Crippen LogP contribution < -0.4 is 5.32 Å². The molecule has 0 bridgehead atoms. The minimum Gasteiger partial charge on any atom is -0.376 e. The predicted molar refractivity (Wildman–Crippen MR) is 71.4 cm³/mol. The number of hydrogen-bond acceptors (Lipinski definition) is 3. The Bertz CT molecular complexity index is 259. The van der Waals surface area contributed by atoms with Gasteiger partial charge in [0, 0.05) is 26.1 Å². The maximum atomic E-state index is 12.3. The van der Waals surface area contributed by atoms with Crippen LogP contribution >= 0.6 is 0 Å². The second-order valence-corrected chi connectivity index (χ2v) is 5.48. The molecule has 0 aromatic carbocycles. The summed E-state index contributed by atoms with van der Waals surface area (Å²) < 4.78 is 5.62. The molecule has 0 aromatic heterocycles. The van der Waals surface area contributed by atoms with E-state index in [9.17, 15) is 4.79 Å². The fourth-order valence-electron chi connectivity index (χ4n) is 2.92. The summed E-state index contributed by atoms with van der Waals surface area (Å²) in [5.74, 6) is 0.839. The van der Waals surface area contributed by atoms with Gasteiger partial charge in [0.05, 0.1) is 6.10 Å². The highest BCUT2D eigenvalue weighted by atomic mass is 16.5. The lowest BCUT2D eigenvalue weighted by molar-refractivity contribution is -0.133. The third-order valence-electron chi connectivity index (χ3n) is 4.04. The van der Waals surface area contributed by atoms with Crippen LogP contribution in [0.2, 0.25) is 0 Å². The molecule has 2 atom stereocenters. The molecular weight excluding hydrogens is 228 g/mol. The van der Waals surface area contributed by atoms with Gasteiger partial charge in [-0.15, -0.1) is 0 Å². The van der Waals surface area contributed by atoms with Gasteiger partial charge in [0.25, 0.3) is 0 Å². The SMILES string of the molecule is CCN(CC1CCCO1)C(=O)CC1CCCNC1. The van der Waals surface area contributed by atoms with Gasteiger partial charge in [-0.3, -0.25) is 4.79 Å². The van der Waals surface area contributed by atoms with Crippen molar-refractivity contribution in [1.29, 1.82) is 0 Å². The number of carbonyl (C=O) groups is 1. The summed E-state index contributed by atoms with van der Waals surface area (Å²) in [5, 5.41) is 3.37. The van der Waals surface area contributed by atoms with Crippen LogP contribution in [0.15, 0.2) is 0 Å². The third kappa shape index (κ3) is 3.95. The lowest BCUT2D eigenvalue weighted by Crippen LogP contribution is -2.40. The molecule has 0 radical (unpaired) electrons. The Morgan fingerprint density at radius 2 is 2.28 bits per heavy atom. The van der Waals surface area contributed by atoms with Gasteiger partial charge in [-0.05, 0) is 51.6 Å². The summed E-state index contributed by atoms with van der Waals surface area (Å²) in [4.78, 5) is 14.2. The van der Waals surface area contributed by atoms with Crippen molar-refractivity contribution < 1.29 is 9.53 Å². The van der Waals surface area contributed by atoms with E-state index < -0.39 is 0 Å². The van der Waals surface area contributed by atoms with Crippen LogP contribution in [-0.4, -0.2) is 49.7 Å². The maximum Gasteiger partial charge on any atom is 0.222 e. The van der Waals surface area contributed by atoms with E-state index in [1.165, 1.54) is 12.8 Å². The van der Waals surface area contributed by atoms with Gasteiger partial charge >= 0.3 is 0 Å². The fourth-order valence-corrected chi connectivity index (χ4v) is 2.92. The van der Waals surface area contributed by atoms with E-state index in [-0.39, 0.29) is 6.10 Å². The van der Waals surface area contributed by atoms with Crippen LogP contribution in [0.3, 0.4) is 0 Å². The number of amides is 1. The molecule has 4 heteroatoms. The van der Waals surface area contributed by atoms with Gasteiger partial charge in [0.2, 0.25) is 5.91 Å². The predicted octanol–water partition coefficient (Wildman–Crippen LogP) is 1.40. The van der Waals surface area contributed by atoms with E-state index in [2.05, 4.69) is 12.2 Å². The number of likely N-dealkylation sites (N-methyl/N-ethyl adjacent to an activating group) is 1. The zero-order valence-corrected chi connectivity index (χ0v) is 11.5. The van der Waals surface area contributed by atoms with Gasteiger partial charge in [0.15, 0.2) is 0 Å². The molecule has 1 N–H and O–H groups in total. The highest BCUT2D eigenvalue weighted by Gasteiger charge is 2.24. The summed E-state index contributed by atoms with van der Waals surface area (Å²) in [5.41, 5.74) is 0. The second-order valence-electron chi connectivity index (χ2n) is 5.48. The molecule has 0 saturated carbocycles. The lowest BCUT2D eigenvalue weighted by atomic mass is 9.95. The molecule has 2 saturated heterocycles. The van der Waals surface area contributed by atoms with Crippen molar-refractivity contribution >= 4 is 5.91 Å². The first-order valence-electron chi connectivity index (χ1n) is 7.39. The molecule has 2 unspecified atom stereocenters. The van der Waals surface area contributed by atoms with Crippen molar-refractivity contribution in [2.45, 2.75) is 45.1 Å². The van der Waals surface area contributed by atoms with Gasteiger partial charge < -0.3 is 15.0 Å². The Hall–Kier alpha value is -0.610. The van der Waals surface area contributed by atoms with E-state index in [0.29, 0.717) is 18.2 Å². The molecule has 104 valence electrons. The van der Waals surface area contributed by atoms with Gasteiger partial charge in [-0.1, -0.05) is 0 Å². The minimum absolute atomic E-state index is 0.276.